The van der Waals surface area contributed by atoms with E-state index < -0.39 is 0 Å². The number of aromatic nitrogens is 2. The number of rotatable bonds is 3. The summed E-state index contributed by atoms with van der Waals surface area (Å²) < 4.78 is 1.89. The molecule has 0 bridgehead atoms. The Balaban J connectivity index is 0.00000192. The van der Waals surface area contributed by atoms with E-state index in [4.69, 9.17) is 0 Å². The van der Waals surface area contributed by atoms with E-state index in [1.807, 2.05) is 35.9 Å². The van der Waals surface area contributed by atoms with Crippen LogP contribution < -0.4 is 4.90 Å². The minimum atomic E-state index is 0. The predicted molar refractivity (Wildman–Crippen MR) is 87.8 cm³/mol. The monoisotopic (exact) mass is 491 g/mol. The molecule has 2 heterocycles. The van der Waals surface area contributed by atoms with Gasteiger partial charge in [-0.05, 0) is 32.4 Å². The fourth-order valence-electron chi connectivity index (χ4n) is 3.19. The van der Waals surface area contributed by atoms with Gasteiger partial charge in [-0.25, -0.2) is 4.68 Å². The second-order valence-electron chi connectivity index (χ2n) is 5.90. The molecular formula is C18H22N3OPt-. The van der Waals surface area contributed by atoms with E-state index in [1.165, 1.54) is 25.7 Å². The average Bonchev–Trinajstić information content (AvgIpc) is 2.70. The van der Waals surface area contributed by atoms with Crippen molar-refractivity contribution in [3.05, 3.63) is 41.6 Å². The molecule has 0 aliphatic carbocycles. The van der Waals surface area contributed by atoms with Gasteiger partial charge in [0.25, 0.3) is 0 Å². The van der Waals surface area contributed by atoms with Crippen molar-refractivity contribution in [2.45, 2.75) is 39.5 Å². The Morgan fingerprint density at radius 2 is 1.87 bits per heavy atom. The normalized spacial score (nSPS) is 15.0. The molecule has 0 spiro atoms. The van der Waals surface area contributed by atoms with E-state index >= 15 is 0 Å². The number of para-hydroxylation sites is 1. The number of carbonyl (C=O) groups excluding carboxylic acids is 1. The largest absolute Gasteiger partial charge is 0.356 e. The van der Waals surface area contributed by atoms with Crippen LogP contribution in [0.5, 0.6) is 0 Å². The van der Waals surface area contributed by atoms with Gasteiger partial charge in [0.05, 0.1) is 11.3 Å². The zero-order valence-electron chi connectivity index (χ0n) is 13.6. The van der Waals surface area contributed by atoms with E-state index in [-0.39, 0.29) is 26.8 Å². The topological polar surface area (TPSA) is 38.1 Å². The molecule has 1 aliphatic rings. The van der Waals surface area contributed by atoms with Gasteiger partial charge in [0.15, 0.2) is 5.78 Å². The van der Waals surface area contributed by atoms with Crippen LogP contribution in [0, 0.1) is 13.0 Å². The second kappa shape index (κ2) is 7.92. The van der Waals surface area contributed by atoms with Gasteiger partial charge in [0.2, 0.25) is 0 Å². The van der Waals surface area contributed by atoms with Gasteiger partial charge in [0, 0.05) is 34.2 Å². The maximum absolute atomic E-state index is 12.2. The summed E-state index contributed by atoms with van der Waals surface area (Å²) in [5.74, 6) is 1.02. The number of ketones is 1. The Kier molecular flexibility index (Phi) is 6.17. The number of carbonyl (C=O) groups is 1. The van der Waals surface area contributed by atoms with Crippen LogP contribution >= 0.6 is 0 Å². The van der Waals surface area contributed by atoms with Crippen LogP contribution in [0.2, 0.25) is 0 Å². The molecule has 3 rings (SSSR count). The summed E-state index contributed by atoms with van der Waals surface area (Å²) in [6.07, 6.45) is 4.85. The summed E-state index contributed by atoms with van der Waals surface area (Å²) in [5, 5.41) is 4.63. The Hall–Kier alpha value is -1.41. The molecule has 126 valence electrons. The first-order chi connectivity index (χ1) is 10.7. The van der Waals surface area contributed by atoms with Crippen molar-refractivity contribution < 1.29 is 25.9 Å². The number of aryl methyl sites for hydroxylation is 1. The molecule has 2 aromatic rings. The Morgan fingerprint density at radius 1 is 1.17 bits per heavy atom. The number of hydrogen-bond donors (Lipinski definition) is 0. The zero-order valence-corrected chi connectivity index (χ0v) is 15.9. The molecule has 0 radical (unpaired) electrons. The Labute approximate surface area is 152 Å². The average molecular weight is 491 g/mol. The number of hydrogen-bond acceptors (Lipinski definition) is 3. The van der Waals surface area contributed by atoms with Crippen LogP contribution in [0.3, 0.4) is 0 Å². The molecule has 1 aliphatic heterocycles. The molecular weight excluding hydrogens is 469 g/mol. The van der Waals surface area contributed by atoms with E-state index in [2.05, 4.69) is 16.1 Å². The minimum absolute atomic E-state index is 0. The first-order valence-corrected chi connectivity index (χ1v) is 8.01. The van der Waals surface area contributed by atoms with Crippen LogP contribution in [0.4, 0.5) is 5.82 Å². The van der Waals surface area contributed by atoms with Crippen LogP contribution in [-0.2, 0) is 21.1 Å². The number of Topliss-reactive ketones (excluding diaryl/α,β-unsaturated/α-hetero) is 1. The molecule has 0 N–H and O–H groups in total. The first-order valence-electron chi connectivity index (χ1n) is 8.01. The maximum Gasteiger partial charge on any atom is 0.165 e. The van der Waals surface area contributed by atoms with Gasteiger partial charge < -0.3 is 4.90 Å². The maximum atomic E-state index is 12.2. The van der Waals surface area contributed by atoms with E-state index in [0.29, 0.717) is 0 Å². The molecule has 1 saturated heterocycles. The van der Waals surface area contributed by atoms with E-state index in [9.17, 15) is 4.79 Å². The van der Waals surface area contributed by atoms with Gasteiger partial charge >= 0.3 is 0 Å². The third-order valence-corrected chi connectivity index (χ3v) is 4.21. The molecule has 0 saturated carbocycles. The van der Waals surface area contributed by atoms with Gasteiger partial charge in [-0.15, -0.1) is 6.07 Å². The number of nitrogens with zero attached hydrogens (tertiary/aromatic N) is 3. The molecule has 0 unspecified atom stereocenters. The predicted octanol–water partition coefficient (Wildman–Crippen LogP) is 3.56. The van der Waals surface area contributed by atoms with Crippen LogP contribution in [0.25, 0.3) is 5.69 Å². The standard InChI is InChI=1S/C18H22N3O.Pt/c1-14-17(15(2)22)18(20-12-8-3-4-9-13-20)21(19-14)16-10-6-5-7-11-16;/h5-7,10H,3-4,8-9,12-13H2,1-2H3;/q-1;. The van der Waals surface area contributed by atoms with Crippen molar-refractivity contribution in [3.63, 3.8) is 0 Å². The minimum Gasteiger partial charge on any atom is -0.356 e. The summed E-state index contributed by atoms with van der Waals surface area (Å²) in [5.41, 5.74) is 2.43. The summed E-state index contributed by atoms with van der Waals surface area (Å²) in [4.78, 5) is 14.5. The fraction of sp³-hybridized carbons (Fsp3) is 0.444. The van der Waals surface area contributed by atoms with Crippen molar-refractivity contribution in [2.75, 3.05) is 18.0 Å². The number of anilines is 1. The Morgan fingerprint density at radius 3 is 2.43 bits per heavy atom. The van der Waals surface area contributed by atoms with E-state index in [0.717, 1.165) is 35.9 Å². The molecule has 23 heavy (non-hydrogen) atoms. The molecule has 1 fully saturated rings. The molecule has 5 heteroatoms. The zero-order chi connectivity index (χ0) is 15.5. The van der Waals surface area contributed by atoms with Crippen molar-refractivity contribution in [3.8, 4) is 5.69 Å². The molecule has 1 aromatic carbocycles. The summed E-state index contributed by atoms with van der Waals surface area (Å²) in [6, 6.07) is 11.0. The molecule has 4 nitrogen and oxygen atoms in total. The first kappa shape index (κ1) is 17.9. The van der Waals surface area contributed by atoms with Gasteiger partial charge in [-0.3, -0.25) is 4.79 Å². The van der Waals surface area contributed by atoms with Crippen molar-refractivity contribution in [2.24, 2.45) is 0 Å². The molecule has 1 aromatic heterocycles. The van der Waals surface area contributed by atoms with Crippen LogP contribution in [0.1, 0.15) is 48.7 Å². The third-order valence-electron chi connectivity index (χ3n) is 4.21. The molecule has 0 atom stereocenters. The smallest absolute Gasteiger partial charge is 0.165 e. The van der Waals surface area contributed by atoms with Crippen molar-refractivity contribution in [1.29, 1.82) is 0 Å². The Bertz CT molecular complexity index is 658. The van der Waals surface area contributed by atoms with Gasteiger partial charge in [0.1, 0.15) is 5.82 Å². The van der Waals surface area contributed by atoms with Crippen LogP contribution in [-0.4, -0.2) is 28.7 Å². The third kappa shape index (κ3) is 3.74. The summed E-state index contributed by atoms with van der Waals surface area (Å²) in [7, 11) is 0. The second-order valence-corrected chi connectivity index (χ2v) is 5.90. The quantitative estimate of drug-likeness (QED) is 0.487. The van der Waals surface area contributed by atoms with Gasteiger partial charge in [-0.1, -0.05) is 12.8 Å². The molecule has 0 amide bonds. The van der Waals surface area contributed by atoms with E-state index in [1.54, 1.807) is 6.92 Å². The SMILES string of the molecule is CC(=O)c1c(C)nn(-c2[c-]cccc2)c1N1CCCCCC1.[Pt]. The van der Waals surface area contributed by atoms with Crippen molar-refractivity contribution >= 4 is 11.6 Å². The summed E-state index contributed by atoms with van der Waals surface area (Å²) >= 11 is 0. The summed E-state index contributed by atoms with van der Waals surface area (Å²) in [6.45, 7) is 5.51. The van der Waals surface area contributed by atoms with Crippen LogP contribution in [0.15, 0.2) is 24.3 Å². The fourth-order valence-corrected chi connectivity index (χ4v) is 3.19. The van der Waals surface area contributed by atoms with Crippen molar-refractivity contribution in [1.82, 2.24) is 9.78 Å². The number of benzene rings is 1. The van der Waals surface area contributed by atoms with Gasteiger partial charge in [-0.2, -0.15) is 29.4 Å².